The van der Waals surface area contributed by atoms with E-state index >= 15 is 0 Å². The average molecular weight is 284 g/mol. The zero-order valence-corrected chi connectivity index (χ0v) is 11.5. The summed E-state index contributed by atoms with van der Waals surface area (Å²) < 4.78 is 3.13. The highest BCUT2D eigenvalue weighted by Gasteiger charge is 2.10. The molecule has 1 aromatic rings. The second kappa shape index (κ2) is 6.72. The van der Waals surface area contributed by atoms with Gasteiger partial charge in [0.25, 0.3) is 0 Å². The van der Waals surface area contributed by atoms with Crippen LogP contribution in [-0.4, -0.2) is 16.3 Å². The monoisotopic (exact) mass is 283 g/mol. The van der Waals surface area contributed by atoms with Gasteiger partial charge in [-0.25, -0.2) is 0 Å². The number of hydrogen-bond acceptors (Lipinski definition) is 2. The number of terminal acetylenes is 1. The van der Waals surface area contributed by atoms with Gasteiger partial charge in [-0.15, -0.1) is 12.3 Å². The largest absolute Gasteiger partial charge is 0.311 e. The Morgan fingerprint density at radius 1 is 1.56 bits per heavy atom. The molecule has 1 aromatic heterocycles. The van der Waals surface area contributed by atoms with Crippen LogP contribution in [0.2, 0.25) is 0 Å². The molecular formula is C12H18BrN3. The van der Waals surface area contributed by atoms with Gasteiger partial charge in [-0.3, -0.25) is 4.68 Å². The molecule has 0 saturated carbocycles. The zero-order valence-electron chi connectivity index (χ0n) is 9.89. The van der Waals surface area contributed by atoms with Gasteiger partial charge in [-0.1, -0.05) is 0 Å². The van der Waals surface area contributed by atoms with Crippen LogP contribution in [0.1, 0.15) is 31.2 Å². The van der Waals surface area contributed by atoms with E-state index < -0.39 is 0 Å². The molecule has 0 aliphatic rings. The van der Waals surface area contributed by atoms with Crippen LogP contribution in [0.15, 0.2) is 4.47 Å². The van der Waals surface area contributed by atoms with Crippen molar-refractivity contribution >= 4 is 15.9 Å². The van der Waals surface area contributed by atoms with E-state index in [0.29, 0.717) is 0 Å². The van der Waals surface area contributed by atoms with Gasteiger partial charge < -0.3 is 5.32 Å². The maximum Gasteiger partial charge on any atom is 0.0739 e. The van der Waals surface area contributed by atoms with Crippen LogP contribution in [0.4, 0.5) is 0 Å². The summed E-state index contributed by atoms with van der Waals surface area (Å²) in [4.78, 5) is 0. The summed E-state index contributed by atoms with van der Waals surface area (Å²) in [6, 6.07) is 0. The van der Waals surface area contributed by atoms with Crippen molar-refractivity contribution in [1.82, 2.24) is 15.1 Å². The summed E-state index contributed by atoms with van der Waals surface area (Å²) in [6.07, 6.45) is 7.05. The molecule has 1 rings (SSSR count). The Bertz CT molecular complexity index is 376. The van der Waals surface area contributed by atoms with E-state index in [2.05, 4.69) is 39.2 Å². The molecule has 0 aromatic carbocycles. The lowest BCUT2D eigenvalue weighted by molar-refractivity contribution is 0.572. The molecule has 0 atom stereocenters. The van der Waals surface area contributed by atoms with Gasteiger partial charge in [0.2, 0.25) is 0 Å². The zero-order chi connectivity index (χ0) is 12.0. The second-order valence-corrected chi connectivity index (χ2v) is 4.44. The minimum absolute atomic E-state index is 0.833. The Kier molecular flexibility index (Phi) is 5.58. The van der Waals surface area contributed by atoms with Crippen LogP contribution < -0.4 is 5.32 Å². The summed E-state index contributed by atoms with van der Waals surface area (Å²) in [5.41, 5.74) is 2.25. The highest BCUT2D eigenvalue weighted by atomic mass is 79.9. The summed E-state index contributed by atoms with van der Waals surface area (Å²) in [6.45, 7) is 6.79. The van der Waals surface area contributed by atoms with Crippen molar-refractivity contribution in [3.8, 4) is 12.3 Å². The molecule has 0 radical (unpaired) electrons. The van der Waals surface area contributed by atoms with Gasteiger partial charge in [0.15, 0.2) is 0 Å². The van der Waals surface area contributed by atoms with Crippen LogP contribution >= 0.6 is 15.9 Å². The van der Waals surface area contributed by atoms with E-state index in [1.807, 2.05) is 11.6 Å². The summed E-state index contributed by atoms with van der Waals surface area (Å²) in [7, 11) is 0. The van der Waals surface area contributed by atoms with E-state index in [1.165, 1.54) is 5.69 Å². The molecule has 16 heavy (non-hydrogen) atoms. The third-order valence-electron chi connectivity index (χ3n) is 2.42. The fraction of sp³-hybridized carbons (Fsp3) is 0.583. The van der Waals surface area contributed by atoms with Crippen molar-refractivity contribution in [2.75, 3.05) is 6.54 Å². The van der Waals surface area contributed by atoms with Crippen LogP contribution in [-0.2, 0) is 13.1 Å². The topological polar surface area (TPSA) is 29.9 Å². The average Bonchev–Trinajstić information content (AvgIpc) is 2.56. The third kappa shape index (κ3) is 3.36. The van der Waals surface area contributed by atoms with Crippen LogP contribution in [0.25, 0.3) is 0 Å². The fourth-order valence-corrected chi connectivity index (χ4v) is 1.98. The number of rotatable bonds is 6. The first-order valence-corrected chi connectivity index (χ1v) is 6.36. The summed E-state index contributed by atoms with van der Waals surface area (Å²) in [5, 5.41) is 7.82. The third-order valence-corrected chi connectivity index (χ3v) is 3.45. The van der Waals surface area contributed by atoms with Crippen molar-refractivity contribution in [3.63, 3.8) is 0 Å². The molecule has 0 fully saturated rings. The quantitative estimate of drug-likeness (QED) is 0.642. The molecule has 0 aliphatic carbocycles. The normalized spacial score (nSPS) is 10.4. The molecule has 88 valence electrons. The van der Waals surface area contributed by atoms with Crippen molar-refractivity contribution in [2.45, 2.75) is 39.8 Å². The van der Waals surface area contributed by atoms with Crippen LogP contribution in [0, 0.1) is 19.3 Å². The number of aromatic nitrogens is 2. The Hall–Kier alpha value is -0.790. The lowest BCUT2D eigenvalue weighted by Gasteiger charge is -2.06. The molecule has 1 heterocycles. The van der Waals surface area contributed by atoms with Gasteiger partial charge in [0.05, 0.1) is 15.9 Å². The Labute approximate surface area is 106 Å². The summed E-state index contributed by atoms with van der Waals surface area (Å²) in [5.74, 6) is 2.64. The molecule has 0 bridgehead atoms. The molecule has 0 amide bonds. The van der Waals surface area contributed by atoms with E-state index in [1.54, 1.807) is 0 Å². The van der Waals surface area contributed by atoms with Gasteiger partial charge >= 0.3 is 0 Å². The molecular weight excluding hydrogens is 266 g/mol. The molecule has 4 heteroatoms. The van der Waals surface area contributed by atoms with E-state index in [-0.39, 0.29) is 0 Å². The van der Waals surface area contributed by atoms with Crippen molar-refractivity contribution in [1.29, 1.82) is 0 Å². The van der Waals surface area contributed by atoms with Gasteiger partial charge in [0.1, 0.15) is 0 Å². The first-order chi connectivity index (χ1) is 7.70. The lowest BCUT2D eigenvalue weighted by Crippen LogP contribution is -2.18. The number of aryl methyl sites for hydroxylation is 2. The van der Waals surface area contributed by atoms with Crippen molar-refractivity contribution in [2.24, 2.45) is 0 Å². The maximum atomic E-state index is 5.20. The minimum atomic E-state index is 0.833. The van der Waals surface area contributed by atoms with Gasteiger partial charge in [0, 0.05) is 19.5 Å². The predicted octanol–water partition coefficient (Wildman–Crippen LogP) is 2.48. The minimum Gasteiger partial charge on any atom is -0.311 e. The molecule has 0 spiro atoms. The predicted molar refractivity (Wildman–Crippen MR) is 70.1 cm³/mol. The molecule has 0 aliphatic heterocycles. The smallest absolute Gasteiger partial charge is 0.0739 e. The number of nitrogens with zero attached hydrogens (tertiary/aromatic N) is 2. The number of hydrogen-bond donors (Lipinski definition) is 1. The Morgan fingerprint density at radius 2 is 2.31 bits per heavy atom. The molecule has 0 unspecified atom stereocenters. The van der Waals surface area contributed by atoms with Crippen molar-refractivity contribution in [3.05, 3.63) is 15.9 Å². The number of unbranched alkanes of at least 4 members (excludes halogenated alkanes) is 1. The highest BCUT2D eigenvalue weighted by Crippen LogP contribution is 2.20. The second-order valence-electron chi connectivity index (χ2n) is 3.65. The standard InChI is InChI=1S/C12H18BrN3/c1-4-6-7-8-14-9-11-12(13)10(3)15-16(11)5-2/h1,14H,5-9H2,2-3H3. The fourth-order valence-electron chi connectivity index (χ4n) is 1.56. The number of nitrogens with one attached hydrogen (secondary N) is 1. The molecule has 0 saturated heterocycles. The van der Waals surface area contributed by atoms with Crippen LogP contribution in [0.3, 0.4) is 0 Å². The lowest BCUT2D eigenvalue weighted by atomic mass is 10.3. The maximum absolute atomic E-state index is 5.20. The molecule has 3 nitrogen and oxygen atoms in total. The number of halogens is 1. The Balaban J connectivity index is 2.50. The Morgan fingerprint density at radius 3 is 2.94 bits per heavy atom. The van der Waals surface area contributed by atoms with E-state index in [4.69, 9.17) is 6.42 Å². The first-order valence-electron chi connectivity index (χ1n) is 5.56. The first kappa shape index (κ1) is 13.3. The summed E-state index contributed by atoms with van der Waals surface area (Å²) >= 11 is 3.57. The van der Waals surface area contributed by atoms with E-state index in [9.17, 15) is 0 Å². The van der Waals surface area contributed by atoms with Gasteiger partial charge in [-0.2, -0.15) is 5.10 Å². The van der Waals surface area contributed by atoms with Crippen LogP contribution in [0.5, 0.6) is 0 Å². The van der Waals surface area contributed by atoms with Gasteiger partial charge in [-0.05, 0) is 42.7 Å². The highest BCUT2D eigenvalue weighted by molar-refractivity contribution is 9.10. The molecule has 1 N–H and O–H groups in total. The van der Waals surface area contributed by atoms with E-state index in [0.717, 1.165) is 42.6 Å². The SMILES string of the molecule is C#CCCCNCc1c(Br)c(C)nn1CC. The van der Waals surface area contributed by atoms with Crippen molar-refractivity contribution < 1.29 is 0 Å².